The Kier molecular flexibility index (Phi) is 6.03. The van der Waals surface area contributed by atoms with Gasteiger partial charge in [-0.2, -0.15) is 0 Å². The third-order valence-electron chi connectivity index (χ3n) is 2.92. The maximum atomic E-state index is 11.9. The zero-order chi connectivity index (χ0) is 12.0. The second-order valence-corrected chi connectivity index (χ2v) is 6.73. The van der Waals surface area contributed by atoms with Gasteiger partial charge in [0.25, 0.3) is 0 Å². The number of nitrogens with zero attached hydrogens (tertiary/aromatic N) is 1. The molecule has 1 rings (SSSR count). The molecule has 0 aromatic carbocycles. The number of sulfonamides is 1. The van der Waals surface area contributed by atoms with E-state index in [1.54, 1.807) is 0 Å². The number of hydrogen-bond acceptors (Lipinski definition) is 3. The summed E-state index contributed by atoms with van der Waals surface area (Å²) in [5.74, 6) is 0.795. The maximum Gasteiger partial charge on any atom is 0.214 e. The van der Waals surface area contributed by atoms with E-state index in [4.69, 9.17) is 16.7 Å². The summed E-state index contributed by atoms with van der Waals surface area (Å²) in [6, 6.07) is 0. The van der Waals surface area contributed by atoms with Crippen molar-refractivity contribution in [2.24, 2.45) is 5.92 Å². The summed E-state index contributed by atoms with van der Waals surface area (Å²) in [6.07, 6.45) is 3.12. The van der Waals surface area contributed by atoms with Crippen LogP contribution in [-0.4, -0.2) is 49.2 Å². The molecule has 16 heavy (non-hydrogen) atoms. The first-order chi connectivity index (χ1) is 7.60. The van der Waals surface area contributed by atoms with E-state index in [1.807, 2.05) is 0 Å². The van der Waals surface area contributed by atoms with Gasteiger partial charge >= 0.3 is 0 Å². The van der Waals surface area contributed by atoms with Crippen molar-refractivity contribution in [3.05, 3.63) is 0 Å². The Morgan fingerprint density at radius 1 is 1.38 bits per heavy atom. The molecule has 1 atom stereocenters. The molecular formula is C10H20ClNO3S. The molecule has 1 N–H and O–H groups in total. The molecule has 0 spiro atoms. The predicted octanol–water partition coefficient (Wildman–Crippen LogP) is 1.04. The van der Waals surface area contributed by atoms with Crippen LogP contribution in [0.3, 0.4) is 0 Å². The van der Waals surface area contributed by atoms with Crippen LogP contribution >= 0.6 is 11.6 Å². The highest BCUT2D eigenvalue weighted by Crippen LogP contribution is 2.19. The lowest BCUT2D eigenvalue weighted by atomic mass is 10.0. The minimum atomic E-state index is -3.14. The molecule has 1 heterocycles. The molecule has 1 aliphatic rings. The monoisotopic (exact) mass is 269 g/mol. The maximum absolute atomic E-state index is 11.9. The zero-order valence-corrected chi connectivity index (χ0v) is 11.0. The van der Waals surface area contributed by atoms with Crippen LogP contribution in [0.1, 0.15) is 25.7 Å². The highest BCUT2D eigenvalue weighted by atomic mass is 35.5. The lowest BCUT2D eigenvalue weighted by Gasteiger charge is -2.30. The van der Waals surface area contributed by atoms with Crippen LogP contribution in [0.25, 0.3) is 0 Å². The lowest BCUT2D eigenvalue weighted by Crippen LogP contribution is -2.42. The van der Waals surface area contributed by atoms with Gasteiger partial charge < -0.3 is 5.11 Å². The molecule has 0 saturated carbocycles. The summed E-state index contributed by atoms with van der Waals surface area (Å²) >= 11 is 5.52. The van der Waals surface area contributed by atoms with E-state index in [2.05, 4.69) is 0 Å². The van der Waals surface area contributed by atoms with Gasteiger partial charge in [0.15, 0.2) is 0 Å². The van der Waals surface area contributed by atoms with Gasteiger partial charge in [-0.05, 0) is 31.6 Å². The van der Waals surface area contributed by atoms with Gasteiger partial charge in [-0.3, -0.25) is 0 Å². The van der Waals surface area contributed by atoms with Gasteiger partial charge in [-0.15, -0.1) is 11.6 Å². The van der Waals surface area contributed by atoms with Gasteiger partial charge in [0.1, 0.15) is 0 Å². The van der Waals surface area contributed by atoms with Gasteiger partial charge in [-0.1, -0.05) is 0 Å². The van der Waals surface area contributed by atoms with E-state index >= 15 is 0 Å². The molecule has 0 aromatic heterocycles. The quantitative estimate of drug-likeness (QED) is 0.579. The molecule has 96 valence electrons. The highest BCUT2D eigenvalue weighted by molar-refractivity contribution is 7.89. The molecular weight excluding hydrogens is 250 g/mol. The molecule has 6 heteroatoms. The first kappa shape index (κ1) is 14.2. The molecule has 0 aliphatic carbocycles. The first-order valence-corrected chi connectivity index (χ1v) is 7.89. The summed E-state index contributed by atoms with van der Waals surface area (Å²) in [7, 11) is -3.14. The zero-order valence-electron chi connectivity index (χ0n) is 9.44. The topological polar surface area (TPSA) is 57.6 Å². The Labute approximate surface area is 103 Å². The van der Waals surface area contributed by atoms with Crippen molar-refractivity contribution >= 4 is 21.6 Å². The van der Waals surface area contributed by atoms with Crippen molar-refractivity contribution in [2.75, 3.05) is 31.3 Å². The summed E-state index contributed by atoms with van der Waals surface area (Å²) < 4.78 is 25.4. The van der Waals surface area contributed by atoms with Gasteiger partial charge in [0, 0.05) is 25.6 Å². The third kappa shape index (κ3) is 4.20. The van der Waals surface area contributed by atoms with E-state index in [-0.39, 0.29) is 18.3 Å². The van der Waals surface area contributed by atoms with E-state index in [9.17, 15) is 8.42 Å². The molecule has 1 aliphatic heterocycles. The highest BCUT2D eigenvalue weighted by Gasteiger charge is 2.27. The lowest BCUT2D eigenvalue weighted by molar-refractivity contribution is 0.165. The molecule has 1 fully saturated rings. The summed E-state index contributed by atoms with van der Waals surface area (Å²) in [6.45, 7) is 1.15. The van der Waals surface area contributed by atoms with Crippen molar-refractivity contribution < 1.29 is 13.5 Å². The minimum absolute atomic E-state index is 0.0771. The number of unbranched alkanes of at least 4 members (excludes halogenated alkanes) is 1. The SMILES string of the molecule is O=S(=O)(CCCCCl)N1CCCC(CO)C1. The molecule has 1 unspecified atom stereocenters. The second-order valence-electron chi connectivity index (χ2n) is 4.26. The van der Waals surface area contributed by atoms with Crippen LogP contribution in [0.4, 0.5) is 0 Å². The Balaban J connectivity index is 2.47. The average Bonchev–Trinajstić information content (AvgIpc) is 2.29. The minimum Gasteiger partial charge on any atom is -0.396 e. The van der Waals surface area contributed by atoms with Crippen molar-refractivity contribution in [1.29, 1.82) is 0 Å². The number of aliphatic hydroxyl groups excluding tert-OH is 1. The Morgan fingerprint density at radius 3 is 2.75 bits per heavy atom. The largest absolute Gasteiger partial charge is 0.396 e. The molecule has 0 radical (unpaired) electrons. The van der Waals surface area contributed by atoms with Crippen LogP contribution in [0.2, 0.25) is 0 Å². The molecule has 1 saturated heterocycles. The predicted molar refractivity (Wildman–Crippen MR) is 65.1 cm³/mol. The Hall–Kier alpha value is 0.160. The molecule has 0 amide bonds. The molecule has 0 bridgehead atoms. The van der Waals surface area contributed by atoms with Crippen LogP contribution in [-0.2, 0) is 10.0 Å². The van der Waals surface area contributed by atoms with E-state index in [0.717, 1.165) is 19.3 Å². The standard InChI is InChI=1S/C10H20ClNO3S/c11-5-1-2-7-16(14,15)12-6-3-4-10(8-12)9-13/h10,13H,1-9H2. The smallest absolute Gasteiger partial charge is 0.214 e. The van der Waals surface area contributed by atoms with Crippen molar-refractivity contribution in [2.45, 2.75) is 25.7 Å². The van der Waals surface area contributed by atoms with Crippen molar-refractivity contribution in [3.8, 4) is 0 Å². The molecule has 0 aromatic rings. The fraction of sp³-hybridized carbons (Fsp3) is 1.00. The van der Waals surface area contributed by atoms with E-state index < -0.39 is 10.0 Å². The second kappa shape index (κ2) is 6.79. The number of halogens is 1. The van der Waals surface area contributed by atoms with Gasteiger partial charge in [0.05, 0.1) is 5.75 Å². The number of hydrogen-bond donors (Lipinski definition) is 1. The number of rotatable bonds is 6. The summed E-state index contributed by atoms with van der Waals surface area (Å²) in [5.41, 5.74) is 0. The van der Waals surface area contributed by atoms with Crippen LogP contribution in [0.5, 0.6) is 0 Å². The number of aliphatic hydroxyl groups is 1. The first-order valence-electron chi connectivity index (χ1n) is 5.75. The Morgan fingerprint density at radius 2 is 2.12 bits per heavy atom. The summed E-state index contributed by atoms with van der Waals surface area (Å²) in [4.78, 5) is 0. The van der Waals surface area contributed by atoms with Crippen LogP contribution in [0.15, 0.2) is 0 Å². The third-order valence-corrected chi connectivity index (χ3v) is 5.11. The number of piperidine rings is 1. The van der Waals surface area contributed by atoms with E-state index in [1.165, 1.54) is 4.31 Å². The summed E-state index contributed by atoms with van der Waals surface area (Å²) in [5, 5.41) is 9.05. The normalized spacial score (nSPS) is 23.5. The number of alkyl halides is 1. The van der Waals surface area contributed by atoms with Gasteiger partial charge in [0.2, 0.25) is 10.0 Å². The molecule has 4 nitrogen and oxygen atoms in total. The van der Waals surface area contributed by atoms with Crippen molar-refractivity contribution in [3.63, 3.8) is 0 Å². The Bertz CT molecular complexity index is 294. The van der Waals surface area contributed by atoms with Crippen molar-refractivity contribution in [1.82, 2.24) is 4.31 Å². The fourth-order valence-corrected chi connectivity index (χ4v) is 3.80. The van der Waals surface area contributed by atoms with Gasteiger partial charge in [-0.25, -0.2) is 12.7 Å². The van der Waals surface area contributed by atoms with Crippen LogP contribution < -0.4 is 0 Å². The fourth-order valence-electron chi connectivity index (χ4n) is 1.94. The average molecular weight is 270 g/mol. The van der Waals surface area contributed by atoms with E-state index in [0.29, 0.717) is 25.4 Å². The van der Waals surface area contributed by atoms with Crippen LogP contribution in [0, 0.1) is 5.92 Å².